The first kappa shape index (κ1) is 17.2. The van der Waals surface area contributed by atoms with Crippen molar-refractivity contribution in [2.75, 3.05) is 18.3 Å². The van der Waals surface area contributed by atoms with E-state index in [9.17, 15) is 9.59 Å². The summed E-state index contributed by atoms with van der Waals surface area (Å²) in [7, 11) is 0. The summed E-state index contributed by atoms with van der Waals surface area (Å²) in [5, 5.41) is 3.02. The van der Waals surface area contributed by atoms with Crippen LogP contribution in [-0.4, -0.2) is 25.3 Å². The highest BCUT2D eigenvalue weighted by molar-refractivity contribution is 6.32. The first-order valence-electron chi connectivity index (χ1n) is 8.26. The third-order valence-electron chi connectivity index (χ3n) is 4.05. The summed E-state index contributed by atoms with van der Waals surface area (Å²) in [6.45, 7) is 2.41. The standard InChI is InChI=1S/C19H15ClN2O5/c1-2-25-15-9-17-16(26-10-27-17)7-11(15)6-14-18(23)22(19(24)21-14)13-5-3-4-12(20)8-13/h3-9H,2,10H2,1H3,(H,21,24)/b14-6-. The van der Waals surface area contributed by atoms with E-state index in [1.54, 1.807) is 42.5 Å². The normalized spacial score (nSPS) is 16.8. The van der Waals surface area contributed by atoms with Crippen LogP contribution in [0, 0.1) is 0 Å². The molecule has 0 aromatic heterocycles. The van der Waals surface area contributed by atoms with Gasteiger partial charge in [-0.2, -0.15) is 0 Å². The molecule has 1 fully saturated rings. The van der Waals surface area contributed by atoms with Crippen LogP contribution < -0.4 is 24.4 Å². The Morgan fingerprint density at radius 3 is 2.74 bits per heavy atom. The highest BCUT2D eigenvalue weighted by Gasteiger charge is 2.35. The minimum absolute atomic E-state index is 0.124. The Morgan fingerprint density at radius 2 is 2.00 bits per heavy atom. The minimum atomic E-state index is -0.549. The quantitative estimate of drug-likeness (QED) is 0.642. The molecular formula is C19H15ClN2O5. The predicted octanol–water partition coefficient (Wildman–Crippen LogP) is 3.56. The van der Waals surface area contributed by atoms with Gasteiger partial charge in [-0.25, -0.2) is 9.69 Å². The van der Waals surface area contributed by atoms with Crippen LogP contribution in [0.4, 0.5) is 10.5 Å². The van der Waals surface area contributed by atoms with Crippen LogP contribution in [0.1, 0.15) is 12.5 Å². The summed E-state index contributed by atoms with van der Waals surface area (Å²) in [5.74, 6) is 1.16. The first-order chi connectivity index (χ1) is 13.1. The largest absolute Gasteiger partial charge is 0.493 e. The lowest BCUT2D eigenvalue weighted by molar-refractivity contribution is -0.113. The average molecular weight is 387 g/mol. The van der Waals surface area contributed by atoms with Crippen LogP contribution in [-0.2, 0) is 4.79 Å². The third-order valence-corrected chi connectivity index (χ3v) is 4.28. The van der Waals surface area contributed by atoms with Gasteiger partial charge in [0.15, 0.2) is 11.5 Å². The number of anilines is 1. The topological polar surface area (TPSA) is 77.1 Å². The number of carbonyl (C=O) groups excluding carboxylic acids is 2. The van der Waals surface area contributed by atoms with Crippen molar-refractivity contribution in [1.82, 2.24) is 5.32 Å². The van der Waals surface area contributed by atoms with Crippen LogP contribution in [0.5, 0.6) is 17.2 Å². The van der Waals surface area contributed by atoms with Gasteiger partial charge in [0, 0.05) is 16.7 Å². The third kappa shape index (κ3) is 3.17. The molecule has 3 amide bonds. The Balaban J connectivity index is 1.71. The van der Waals surface area contributed by atoms with Crippen molar-refractivity contribution in [3.63, 3.8) is 0 Å². The molecule has 2 aromatic rings. The van der Waals surface area contributed by atoms with Crippen molar-refractivity contribution in [1.29, 1.82) is 0 Å². The number of rotatable bonds is 4. The lowest BCUT2D eigenvalue weighted by atomic mass is 10.1. The number of imide groups is 1. The molecule has 0 bridgehead atoms. The Hall–Kier alpha value is -3.19. The number of fused-ring (bicyclic) bond motifs is 1. The molecule has 2 aromatic carbocycles. The lowest BCUT2D eigenvalue weighted by Gasteiger charge is -2.12. The summed E-state index contributed by atoms with van der Waals surface area (Å²) in [5.41, 5.74) is 1.11. The van der Waals surface area contributed by atoms with Crippen LogP contribution in [0.25, 0.3) is 6.08 Å². The molecular weight excluding hydrogens is 372 g/mol. The summed E-state index contributed by atoms with van der Waals surface area (Å²) in [6, 6.07) is 9.39. The van der Waals surface area contributed by atoms with Crippen LogP contribution in [0.3, 0.4) is 0 Å². The molecule has 7 nitrogen and oxygen atoms in total. The SMILES string of the molecule is CCOc1cc2c(cc1/C=C1\NC(=O)N(c3cccc(Cl)c3)C1=O)OCO2. The van der Waals surface area contributed by atoms with Crippen molar-refractivity contribution >= 4 is 35.3 Å². The van der Waals surface area contributed by atoms with Gasteiger partial charge in [0.05, 0.1) is 12.3 Å². The average Bonchev–Trinajstić information content (AvgIpc) is 3.19. The monoisotopic (exact) mass is 386 g/mol. The summed E-state index contributed by atoms with van der Waals surface area (Å²) in [4.78, 5) is 26.1. The number of ether oxygens (including phenoxy) is 3. The fourth-order valence-corrected chi connectivity index (χ4v) is 3.06. The summed E-state index contributed by atoms with van der Waals surface area (Å²) < 4.78 is 16.4. The number of hydrogen-bond acceptors (Lipinski definition) is 5. The van der Waals surface area contributed by atoms with Gasteiger partial charge in [0.1, 0.15) is 11.4 Å². The zero-order valence-electron chi connectivity index (χ0n) is 14.3. The number of benzene rings is 2. The van der Waals surface area contributed by atoms with Gasteiger partial charge in [-0.05, 0) is 37.3 Å². The zero-order valence-corrected chi connectivity index (χ0v) is 15.1. The van der Waals surface area contributed by atoms with E-state index in [4.69, 9.17) is 25.8 Å². The molecule has 0 unspecified atom stereocenters. The second kappa shape index (κ2) is 6.85. The zero-order chi connectivity index (χ0) is 19.0. The van der Waals surface area contributed by atoms with Crippen LogP contribution >= 0.6 is 11.6 Å². The second-order valence-electron chi connectivity index (χ2n) is 5.78. The summed E-state index contributed by atoms with van der Waals surface area (Å²) >= 11 is 5.97. The van der Waals surface area contributed by atoms with E-state index in [1.165, 1.54) is 0 Å². The highest BCUT2D eigenvalue weighted by atomic mass is 35.5. The maximum atomic E-state index is 12.8. The second-order valence-corrected chi connectivity index (χ2v) is 6.22. The molecule has 0 spiro atoms. The maximum Gasteiger partial charge on any atom is 0.333 e. The fraction of sp³-hybridized carbons (Fsp3) is 0.158. The van der Waals surface area contributed by atoms with E-state index < -0.39 is 11.9 Å². The van der Waals surface area contributed by atoms with Gasteiger partial charge in [-0.15, -0.1) is 0 Å². The van der Waals surface area contributed by atoms with Crippen molar-refractivity contribution in [2.45, 2.75) is 6.92 Å². The molecule has 8 heteroatoms. The molecule has 2 heterocycles. The number of nitrogens with zero attached hydrogens (tertiary/aromatic N) is 1. The van der Waals surface area contributed by atoms with E-state index in [-0.39, 0.29) is 12.5 Å². The van der Waals surface area contributed by atoms with E-state index in [0.29, 0.717) is 40.1 Å². The molecule has 0 aliphatic carbocycles. The van der Waals surface area contributed by atoms with Crippen LogP contribution in [0.15, 0.2) is 42.1 Å². The van der Waals surface area contributed by atoms with E-state index >= 15 is 0 Å². The van der Waals surface area contributed by atoms with Gasteiger partial charge < -0.3 is 19.5 Å². The smallest absolute Gasteiger partial charge is 0.333 e. The molecule has 1 N–H and O–H groups in total. The number of nitrogens with one attached hydrogen (secondary N) is 1. The molecule has 2 aliphatic heterocycles. The number of amides is 3. The molecule has 0 saturated carbocycles. The Kier molecular flexibility index (Phi) is 4.37. The number of halogens is 1. The predicted molar refractivity (Wildman–Crippen MR) is 99.2 cm³/mol. The molecule has 4 rings (SSSR count). The fourth-order valence-electron chi connectivity index (χ4n) is 2.87. The van der Waals surface area contributed by atoms with Gasteiger partial charge >= 0.3 is 6.03 Å². The van der Waals surface area contributed by atoms with E-state index in [2.05, 4.69) is 5.32 Å². The molecule has 2 aliphatic rings. The molecule has 0 atom stereocenters. The molecule has 1 saturated heterocycles. The molecule has 0 radical (unpaired) electrons. The highest BCUT2D eigenvalue weighted by Crippen LogP contribution is 2.39. The van der Waals surface area contributed by atoms with Crippen molar-refractivity contribution in [2.24, 2.45) is 0 Å². The molecule has 138 valence electrons. The summed E-state index contributed by atoms with van der Waals surface area (Å²) in [6.07, 6.45) is 1.55. The van der Waals surface area contributed by atoms with Gasteiger partial charge in [0.25, 0.3) is 5.91 Å². The maximum absolute atomic E-state index is 12.8. The Morgan fingerprint density at radius 1 is 1.22 bits per heavy atom. The van der Waals surface area contributed by atoms with Gasteiger partial charge in [0.2, 0.25) is 6.79 Å². The van der Waals surface area contributed by atoms with Gasteiger partial charge in [-0.1, -0.05) is 17.7 Å². The minimum Gasteiger partial charge on any atom is -0.493 e. The van der Waals surface area contributed by atoms with Crippen LogP contribution in [0.2, 0.25) is 5.02 Å². The van der Waals surface area contributed by atoms with Crippen molar-refractivity contribution in [3.05, 3.63) is 52.7 Å². The number of carbonyl (C=O) groups is 2. The van der Waals surface area contributed by atoms with E-state index in [0.717, 1.165) is 4.90 Å². The lowest BCUT2D eigenvalue weighted by Crippen LogP contribution is -2.30. The van der Waals surface area contributed by atoms with E-state index in [1.807, 2.05) is 6.92 Å². The Bertz CT molecular complexity index is 973. The van der Waals surface area contributed by atoms with Crippen molar-refractivity contribution in [3.8, 4) is 17.2 Å². The Labute approximate surface area is 160 Å². The van der Waals surface area contributed by atoms with Gasteiger partial charge in [-0.3, -0.25) is 4.79 Å². The van der Waals surface area contributed by atoms with Crippen molar-refractivity contribution < 1.29 is 23.8 Å². The number of urea groups is 1. The molecule has 27 heavy (non-hydrogen) atoms. The number of hydrogen-bond donors (Lipinski definition) is 1. The first-order valence-corrected chi connectivity index (χ1v) is 8.63.